The van der Waals surface area contributed by atoms with E-state index >= 15 is 0 Å². The number of benzene rings is 1. The van der Waals surface area contributed by atoms with E-state index in [9.17, 15) is 27.5 Å². The van der Waals surface area contributed by atoms with Gasteiger partial charge in [0.05, 0.1) is 6.42 Å². The first-order valence-corrected chi connectivity index (χ1v) is 6.91. The maximum Gasteiger partial charge on any atom is 0.416 e. The Bertz CT molecular complexity index is 707. The van der Waals surface area contributed by atoms with Crippen molar-refractivity contribution in [3.63, 3.8) is 0 Å². The van der Waals surface area contributed by atoms with Crippen LogP contribution in [0, 0.1) is 5.82 Å². The Labute approximate surface area is 129 Å². The lowest BCUT2D eigenvalue weighted by atomic mass is 10.0. The summed E-state index contributed by atoms with van der Waals surface area (Å²) in [4.78, 5) is 14.7. The van der Waals surface area contributed by atoms with Crippen LogP contribution in [-0.4, -0.2) is 34.3 Å². The van der Waals surface area contributed by atoms with E-state index in [4.69, 9.17) is 0 Å². The number of amides is 1. The summed E-state index contributed by atoms with van der Waals surface area (Å²) >= 11 is 0. The molecule has 1 aromatic carbocycles. The van der Waals surface area contributed by atoms with Gasteiger partial charge in [0.2, 0.25) is 5.91 Å². The number of aromatic amines is 1. The van der Waals surface area contributed by atoms with Crippen molar-refractivity contribution in [1.29, 1.82) is 0 Å². The predicted octanol–water partition coefficient (Wildman–Crippen LogP) is 2.67. The summed E-state index contributed by atoms with van der Waals surface area (Å²) in [5.41, 5.74) is -1.65. The van der Waals surface area contributed by atoms with Crippen molar-refractivity contribution in [2.24, 2.45) is 0 Å². The molecule has 0 saturated heterocycles. The Morgan fingerprint density at radius 1 is 1.35 bits per heavy atom. The number of H-pyrrole nitrogens is 1. The van der Waals surface area contributed by atoms with E-state index in [1.54, 1.807) is 6.20 Å². The lowest BCUT2D eigenvalue weighted by Crippen LogP contribution is -2.44. The molecule has 0 radical (unpaired) electrons. The number of aromatic nitrogens is 1. The Kier molecular flexibility index (Phi) is 4.65. The van der Waals surface area contributed by atoms with Crippen molar-refractivity contribution in [1.82, 2.24) is 10.3 Å². The molecule has 4 nitrogen and oxygen atoms in total. The highest BCUT2D eigenvalue weighted by Gasteiger charge is 2.49. The van der Waals surface area contributed by atoms with Crippen LogP contribution in [0.2, 0.25) is 0 Å². The quantitative estimate of drug-likeness (QED) is 0.737. The van der Waals surface area contributed by atoms with Gasteiger partial charge >= 0.3 is 6.18 Å². The van der Waals surface area contributed by atoms with Gasteiger partial charge in [-0.2, -0.15) is 13.2 Å². The van der Waals surface area contributed by atoms with Gasteiger partial charge in [0.15, 0.2) is 5.60 Å². The zero-order chi connectivity index (χ0) is 17.3. The molecule has 0 saturated carbocycles. The van der Waals surface area contributed by atoms with Crippen LogP contribution in [0.4, 0.5) is 17.6 Å². The molecule has 1 aromatic heterocycles. The monoisotopic (exact) mass is 332 g/mol. The number of alkyl halides is 3. The molecule has 23 heavy (non-hydrogen) atoms. The average Bonchev–Trinajstić information content (AvgIpc) is 2.79. The van der Waals surface area contributed by atoms with Crippen molar-refractivity contribution in [2.75, 3.05) is 6.54 Å². The van der Waals surface area contributed by atoms with E-state index in [0.717, 1.165) is 0 Å². The van der Waals surface area contributed by atoms with Crippen molar-refractivity contribution < 1.29 is 27.5 Å². The van der Waals surface area contributed by atoms with E-state index in [-0.39, 0.29) is 13.0 Å². The van der Waals surface area contributed by atoms with Gasteiger partial charge in [0.1, 0.15) is 5.82 Å². The largest absolute Gasteiger partial charge is 0.416 e. The second-order valence-electron chi connectivity index (χ2n) is 5.55. The zero-order valence-corrected chi connectivity index (χ0v) is 12.3. The average molecular weight is 332 g/mol. The van der Waals surface area contributed by atoms with Gasteiger partial charge in [-0.3, -0.25) is 4.79 Å². The highest BCUT2D eigenvalue weighted by Crippen LogP contribution is 2.32. The normalized spacial score (nSPS) is 14.7. The minimum absolute atomic E-state index is 0.0996. The van der Waals surface area contributed by atoms with E-state index in [1.807, 2.05) is 0 Å². The van der Waals surface area contributed by atoms with Crippen LogP contribution in [0.3, 0.4) is 0 Å². The van der Waals surface area contributed by atoms with E-state index in [2.05, 4.69) is 10.3 Å². The van der Waals surface area contributed by atoms with Crippen molar-refractivity contribution in [3.8, 4) is 0 Å². The summed E-state index contributed by atoms with van der Waals surface area (Å²) in [5, 5.41) is 12.1. The van der Waals surface area contributed by atoms with Crippen molar-refractivity contribution in [3.05, 3.63) is 35.8 Å². The smallest absolute Gasteiger partial charge is 0.381 e. The molecule has 1 heterocycles. The van der Waals surface area contributed by atoms with Crippen LogP contribution >= 0.6 is 0 Å². The summed E-state index contributed by atoms with van der Waals surface area (Å²) in [6, 6.07) is 4.09. The molecule has 1 amide bonds. The third-order valence-electron chi connectivity index (χ3n) is 3.63. The topological polar surface area (TPSA) is 65.1 Å². The van der Waals surface area contributed by atoms with Gasteiger partial charge in [-0.05, 0) is 30.7 Å². The highest BCUT2D eigenvalue weighted by molar-refractivity contribution is 5.88. The van der Waals surface area contributed by atoms with Gasteiger partial charge < -0.3 is 15.4 Å². The number of nitrogens with one attached hydrogen (secondary N) is 2. The molecule has 2 aromatic rings. The molecule has 0 bridgehead atoms. The van der Waals surface area contributed by atoms with Gasteiger partial charge in [0, 0.05) is 30.1 Å². The Morgan fingerprint density at radius 2 is 2.04 bits per heavy atom. The predicted molar refractivity (Wildman–Crippen MR) is 76.3 cm³/mol. The molecule has 0 aliphatic heterocycles. The number of fused-ring (bicyclic) bond motifs is 1. The molecule has 1 unspecified atom stereocenters. The lowest BCUT2D eigenvalue weighted by molar-refractivity contribution is -0.254. The second kappa shape index (κ2) is 6.19. The molecule has 126 valence electrons. The number of halogens is 4. The first kappa shape index (κ1) is 17.3. The Hall–Kier alpha value is -2.09. The third kappa shape index (κ3) is 4.01. The molecule has 8 heteroatoms. The maximum absolute atomic E-state index is 13.2. The molecular weight excluding hydrogens is 316 g/mol. The van der Waals surface area contributed by atoms with E-state index in [1.165, 1.54) is 18.2 Å². The number of carbonyl (C=O) groups excluding carboxylic acids is 1. The fourth-order valence-corrected chi connectivity index (χ4v) is 2.12. The van der Waals surface area contributed by atoms with Gasteiger partial charge in [0.25, 0.3) is 0 Å². The standard InChI is InChI=1S/C15H16F4N2O2/c1-14(23,15(17,18)19)4-5-20-13(22)6-9-8-21-12-3-2-10(16)7-11(9)12/h2-3,7-8,21,23H,4-6H2,1H3,(H,20,22). The van der Waals surface area contributed by atoms with E-state index < -0.39 is 29.9 Å². The summed E-state index contributed by atoms with van der Waals surface area (Å²) in [6.45, 7) is 0.337. The second-order valence-corrected chi connectivity index (χ2v) is 5.55. The Morgan fingerprint density at radius 3 is 2.70 bits per heavy atom. The van der Waals surface area contributed by atoms with Crippen LogP contribution in [0.25, 0.3) is 10.9 Å². The first-order valence-electron chi connectivity index (χ1n) is 6.91. The minimum Gasteiger partial charge on any atom is -0.381 e. The van der Waals surface area contributed by atoms with Crippen LogP contribution in [0.15, 0.2) is 24.4 Å². The van der Waals surface area contributed by atoms with Gasteiger partial charge in [-0.15, -0.1) is 0 Å². The number of carbonyl (C=O) groups is 1. The summed E-state index contributed by atoms with van der Waals surface area (Å²) < 4.78 is 50.6. The third-order valence-corrected chi connectivity index (χ3v) is 3.63. The number of hydrogen-bond acceptors (Lipinski definition) is 2. The lowest BCUT2D eigenvalue weighted by Gasteiger charge is -2.26. The van der Waals surface area contributed by atoms with Gasteiger partial charge in [-0.1, -0.05) is 0 Å². The van der Waals surface area contributed by atoms with Crippen molar-refractivity contribution >= 4 is 16.8 Å². The number of aliphatic hydroxyl groups is 1. The number of rotatable bonds is 5. The highest BCUT2D eigenvalue weighted by atomic mass is 19.4. The number of hydrogen-bond donors (Lipinski definition) is 3. The molecule has 0 aliphatic rings. The fourth-order valence-electron chi connectivity index (χ4n) is 2.12. The zero-order valence-electron chi connectivity index (χ0n) is 12.3. The summed E-state index contributed by atoms with van der Waals surface area (Å²) in [6.07, 6.45) is -3.95. The van der Waals surface area contributed by atoms with Crippen LogP contribution < -0.4 is 5.32 Å². The molecule has 0 fully saturated rings. The molecule has 0 aliphatic carbocycles. The van der Waals surface area contributed by atoms with Crippen LogP contribution in [-0.2, 0) is 11.2 Å². The summed E-state index contributed by atoms with van der Waals surface area (Å²) in [7, 11) is 0. The summed E-state index contributed by atoms with van der Waals surface area (Å²) in [5.74, 6) is -0.951. The molecular formula is C15H16F4N2O2. The van der Waals surface area contributed by atoms with E-state index in [0.29, 0.717) is 23.4 Å². The van der Waals surface area contributed by atoms with Crippen molar-refractivity contribution in [2.45, 2.75) is 31.5 Å². The first-order chi connectivity index (χ1) is 10.6. The minimum atomic E-state index is -4.76. The SMILES string of the molecule is CC(O)(CCNC(=O)Cc1c[nH]c2ccc(F)cc12)C(F)(F)F. The molecule has 3 N–H and O–H groups in total. The molecule has 0 spiro atoms. The molecule has 2 rings (SSSR count). The van der Waals surface area contributed by atoms with Crippen LogP contribution in [0.5, 0.6) is 0 Å². The fraction of sp³-hybridized carbons (Fsp3) is 0.400. The maximum atomic E-state index is 13.2. The Balaban J connectivity index is 1.93. The molecule has 1 atom stereocenters. The van der Waals surface area contributed by atoms with Gasteiger partial charge in [-0.25, -0.2) is 4.39 Å². The van der Waals surface area contributed by atoms with Crippen LogP contribution in [0.1, 0.15) is 18.9 Å².